The van der Waals surface area contributed by atoms with E-state index < -0.39 is 5.60 Å². The Kier molecular flexibility index (Phi) is 10.3. The number of hydrogen-bond donors (Lipinski definition) is 2. The lowest BCUT2D eigenvalue weighted by atomic mass is 10.0. The molecule has 0 aliphatic heterocycles. The molecule has 0 spiro atoms. The van der Waals surface area contributed by atoms with E-state index in [1.54, 1.807) is 0 Å². The van der Waals surface area contributed by atoms with Gasteiger partial charge >= 0.3 is 0 Å². The first-order valence-corrected chi connectivity index (χ1v) is 7.44. The molecule has 0 saturated heterocycles. The number of halogens is 1. The molecule has 1 saturated carbocycles. The molecule has 0 bridgehead atoms. The summed E-state index contributed by atoms with van der Waals surface area (Å²) in [5, 5.41) is 13.6. The van der Waals surface area contributed by atoms with E-state index in [0.717, 1.165) is 57.6 Å². The Labute approximate surface area is 140 Å². The van der Waals surface area contributed by atoms with Crippen LogP contribution in [0.1, 0.15) is 45.4 Å². The van der Waals surface area contributed by atoms with Crippen LogP contribution in [-0.4, -0.2) is 48.2 Å². The normalized spacial score (nSPS) is 17.4. The van der Waals surface area contributed by atoms with Crippen molar-refractivity contribution >= 4 is 29.9 Å². The molecule has 1 rings (SSSR count). The van der Waals surface area contributed by atoms with Gasteiger partial charge < -0.3 is 15.3 Å². The average molecular weight is 395 g/mol. The highest BCUT2D eigenvalue weighted by molar-refractivity contribution is 14.0. The zero-order chi connectivity index (χ0) is 14.1. The van der Waals surface area contributed by atoms with Crippen LogP contribution in [0.2, 0.25) is 0 Å². The fourth-order valence-electron chi connectivity index (χ4n) is 2.46. The highest BCUT2D eigenvalue weighted by atomic mass is 127. The zero-order valence-electron chi connectivity index (χ0n) is 12.9. The number of allylic oxidation sites excluding steroid dienone is 1. The number of nitrogens with zero attached hydrogens (tertiary/aromatic N) is 2. The van der Waals surface area contributed by atoms with Crippen LogP contribution in [0.3, 0.4) is 0 Å². The van der Waals surface area contributed by atoms with Crippen LogP contribution in [0.5, 0.6) is 0 Å². The van der Waals surface area contributed by atoms with Gasteiger partial charge in [-0.05, 0) is 32.6 Å². The van der Waals surface area contributed by atoms with Crippen molar-refractivity contribution in [3.63, 3.8) is 0 Å². The van der Waals surface area contributed by atoms with Crippen molar-refractivity contribution in [2.24, 2.45) is 4.99 Å². The first kappa shape index (κ1) is 19.7. The maximum absolute atomic E-state index is 10.3. The fourth-order valence-corrected chi connectivity index (χ4v) is 2.46. The molecule has 0 atom stereocenters. The lowest BCUT2D eigenvalue weighted by Crippen LogP contribution is -2.41. The molecule has 118 valence electrons. The van der Waals surface area contributed by atoms with Crippen molar-refractivity contribution in [3.05, 3.63) is 12.7 Å². The van der Waals surface area contributed by atoms with Crippen LogP contribution in [0.4, 0.5) is 0 Å². The topological polar surface area (TPSA) is 47.9 Å². The number of aliphatic imine (C=N–C) groups is 1. The molecule has 1 fully saturated rings. The maximum Gasteiger partial charge on any atom is 0.193 e. The molecule has 0 aromatic carbocycles. The minimum atomic E-state index is -0.567. The van der Waals surface area contributed by atoms with Gasteiger partial charge in [0.1, 0.15) is 0 Å². The van der Waals surface area contributed by atoms with E-state index in [1.807, 2.05) is 13.1 Å². The van der Waals surface area contributed by atoms with Crippen LogP contribution < -0.4 is 5.32 Å². The molecule has 0 radical (unpaired) electrons. The molecular weight excluding hydrogens is 365 g/mol. The molecule has 1 aliphatic rings. The van der Waals surface area contributed by atoms with Crippen molar-refractivity contribution in [1.29, 1.82) is 0 Å². The van der Waals surface area contributed by atoms with E-state index in [2.05, 4.69) is 28.7 Å². The molecule has 2 N–H and O–H groups in total. The third-order valence-corrected chi connectivity index (χ3v) is 3.66. The summed E-state index contributed by atoms with van der Waals surface area (Å²) < 4.78 is 0. The number of rotatable bonds is 7. The minimum Gasteiger partial charge on any atom is -0.388 e. The second-order valence-corrected chi connectivity index (χ2v) is 5.45. The first-order valence-electron chi connectivity index (χ1n) is 7.44. The second kappa shape index (κ2) is 10.4. The standard InChI is InChI=1S/C15H29N3O.HI/c1-4-6-9-12-18(3)14(16-5-2)17-13-15(19)10-7-8-11-15;/h4,19H,1,5-13H2,2-3H3,(H,16,17);1H. The van der Waals surface area contributed by atoms with Crippen molar-refractivity contribution in [2.75, 3.05) is 26.7 Å². The Bertz CT molecular complexity index is 301. The molecule has 1 aliphatic carbocycles. The molecule has 0 aromatic heterocycles. The van der Waals surface area contributed by atoms with E-state index >= 15 is 0 Å². The molecule has 0 unspecified atom stereocenters. The Balaban J connectivity index is 0.00000361. The summed E-state index contributed by atoms with van der Waals surface area (Å²) in [6, 6.07) is 0. The molecular formula is C15H30IN3O. The fraction of sp³-hybridized carbons (Fsp3) is 0.800. The van der Waals surface area contributed by atoms with Gasteiger partial charge in [0.2, 0.25) is 0 Å². The van der Waals surface area contributed by atoms with Crippen LogP contribution in [0.15, 0.2) is 17.6 Å². The third-order valence-electron chi connectivity index (χ3n) is 3.66. The smallest absolute Gasteiger partial charge is 0.193 e. The van der Waals surface area contributed by atoms with E-state index in [4.69, 9.17) is 0 Å². The van der Waals surface area contributed by atoms with Crippen molar-refractivity contribution in [1.82, 2.24) is 10.2 Å². The van der Waals surface area contributed by atoms with Gasteiger partial charge in [0.15, 0.2) is 5.96 Å². The Hall–Kier alpha value is -0.300. The molecule has 5 heteroatoms. The maximum atomic E-state index is 10.3. The molecule has 4 nitrogen and oxygen atoms in total. The van der Waals surface area contributed by atoms with Crippen molar-refractivity contribution in [2.45, 2.75) is 51.0 Å². The summed E-state index contributed by atoms with van der Waals surface area (Å²) in [5.74, 6) is 0.895. The second-order valence-electron chi connectivity index (χ2n) is 5.45. The van der Waals surface area contributed by atoms with E-state index in [9.17, 15) is 5.11 Å². The lowest BCUT2D eigenvalue weighted by molar-refractivity contribution is 0.0572. The summed E-state index contributed by atoms with van der Waals surface area (Å²) in [5.41, 5.74) is -0.567. The summed E-state index contributed by atoms with van der Waals surface area (Å²) in [6.07, 6.45) is 8.06. The minimum absolute atomic E-state index is 0. The van der Waals surface area contributed by atoms with Crippen molar-refractivity contribution in [3.8, 4) is 0 Å². The van der Waals surface area contributed by atoms with Crippen LogP contribution >= 0.6 is 24.0 Å². The molecule has 20 heavy (non-hydrogen) atoms. The first-order chi connectivity index (χ1) is 9.11. The SMILES string of the molecule is C=CCCCN(C)C(=NCC1(O)CCCC1)NCC.I. The van der Waals surface area contributed by atoms with Crippen LogP contribution in [0.25, 0.3) is 0 Å². The molecule has 0 amide bonds. The number of guanidine groups is 1. The number of hydrogen-bond acceptors (Lipinski definition) is 2. The summed E-state index contributed by atoms with van der Waals surface area (Å²) >= 11 is 0. The summed E-state index contributed by atoms with van der Waals surface area (Å²) in [6.45, 7) is 8.13. The van der Waals surface area contributed by atoms with Gasteiger partial charge in [-0.15, -0.1) is 30.6 Å². The largest absolute Gasteiger partial charge is 0.388 e. The van der Waals surface area contributed by atoms with Gasteiger partial charge in [0.25, 0.3) is 0 Å². The highest BCUT2D eigenvalue weighted by Gasteiger charge is 2.30. The number of aliphatic hydroxyl groups is 1. The number of nitrogens with one attached hydrogen (secondary N) is 1. The van der Waals surface area contributed by atoms with Gasteiger partial charge in [-0.3, -0.25) is 4.99 Å². The quantitative estimate of drug-likeness (QED) is 0.229. The average Bonchev–Trinajstić information content (AvgIpc) is 2.82. The van der Waals surface area contributed by atoms with E-state index in [-0.39, 0.29) is 24.0 Å². The monoisotopic (exact) mass is 395 g/mol. The Morgan fingerprint density at radius 2 is 2.10 bits per heavy atom. The predicted molar refractivity (Wildman–Crippen MR) is 96.9 cm³/mol. The van der Waals surface area contributed by atoms with Crippen LogP contribution in [0, 0.1) is 0 Å². The summed E-state index contributed by atoms with van der Waals surface area (Å²) in [7, 11) is 2.04. The van der Waals surface area contributed by atoms with E-state index in [0.29, 0.717) is 6.54 Å². The van der Waals surface area contributed by atoms with E-state index in [1.165, 1.54) is 0 Å². The third kappa shape index (κ3) is 6.92. The zero-order valence-corrected chi connectivity index (χ0v) is 15.2. The number of unbranched alkanes of at least 4 members (excludes halogenated alkanes) is 1. The molecule has 0 heterocycles. The predicted octanol–water partition coefficient (Wildman–Crippen LogP) is 2.77. The van der Waals surface area contributed by atoms with Crippen molar-refractivity contribution < 1.29 is 5.11 Å². The van der Waals surface area contributed by atoms with Gasteiger partial charge in [0.05, 0.1) is 12.1 Å². The Morgan fingerprint density at radius 3 is 2.65 bits per heavy atom. The molecule has 0 aromatic rings. The summed E-state index contributed by atoms with van der Waals surface area (Å²) in [4.78, 5) is 6.73. The highest BCUT2D eigenvalue weighted by Crippen LogP contribution is 2.29. The van der Waals surface area contributed by atoms with Gasteiger partial charge in [-0.2, -0.15) is 0 Å². The Morgan fingerprint density at radius 1 is 1.45 bits per heavy atom. The van der Waals surface area contributed by atoms with Crippen LogP contribution in [-0.2, 0) is 0 Å². The van der Waals surface area contributed by atoms with Gasteiger partial charge in [-0.1, -0.05) is 18.9 Å². The van der Waals surface area contributed by atoms with Gasteiger partial charge in [-0.25, -0.2) is 0 Å². The van der Waals surface area contributed by atoms with Gasteiger partial charge in [0, 0.05) is 20.1 Å². The lowest BCUT2D eigenvalue weighted by Gasteiger charge is -2.24.